The quantitative estimate of drug-likeness (QED) is 0.189. The Kier molecular flexibility index (Phi) is 14.8. The Balaban J connectivity index is 0.00000420. The van der Waals surface area contributed by atoms with Gasteiger partial charge in [0.05, 0.1) is 0 Å². The first-order valence-corrected chi connectivity index (χ1v) is 11.2. The van der Waals surface area contributed by atoms with Gasteiger partial charge < -0.3 is 15.4 Å². The molecule has 0 aromatic heterocycles. The van der Waals surface area contributed by atoms with Crippen molar-refractivity contribution < 1.29 is 4.74 Å². The fourth-order valence-corrected chi connectivity index (χ4v) is 3.63. The lowest BCUT2D eigenvalue weighted by Crippen LogP contribution is -2.39. The van der Waals surface area contributed by atoms with Crippen molar-refractivity contribution in [1.29, 1.82) is 0 Å². The Morgan fingerprint density at radius 1 is 1.17 bits per heavy atom. The van der Waals surface area contributed by atoms with E-state index >= 15 is 0 Å². The van der Waals surface area contributed by atoms with Crippen LogP contribution < -0.4 is 10.6 Å². The maximum Gasteiger partial charge on any atom is 0.191 e. The topological polar surface area (TPSA) is 48.9 Å². The third-order valence-electron chi connectivity index (χ3n) is 5.12. The number of guanidine groups is 1. The molecule has 1 aliphatic rings. The third-order valence-corrected chi connectivity index (χ3v) is 5.49. The summed E-state index contributed by atoms with van der Waals surface area (Å²) in [5.74, 6) is 1.60. The second-order valence-electron chi connectivity index (χ2n) is 7.36. The number of piperidine rings is 1. The number of likely N-dealkylation sites (tertiary alicyclic amines) is 1. The van der Waals surface area contributed by atoms with Crippen molar-refractivity contribution in [2.24, 2.45) is 10.9 Å². The standard InChI is InChI=1S/C22H37ClN4O.HI/c1-3-24-22(25-13-7-8-16-28-4-2)26-17-19-11-14-27(15-12-19)18-20-9-5-6-10-21(20)23;/h5-6,9-10,19H,3-4,7-8,11-18H2,1-2H3,(H2,24,25,26);1H. The number of hydrogen-bond donors (Lipinski definition) is 2. The van der Waals surface area contributed by atoms with Gasteiger partial charge in [-0.3, -0.25) is 9.89 Å². The Morgan fingerprint density at radius 3 is 2.62 bits per heavy atom. The van der Waals surface area contributed by atoms with Gasteiger partial charge >= 0.3 is 0 Å². The molecule has 0 spiro atoms. The molecule has 0 radical (unpaired) electrons. The zero-order chi connectivity index (χ0) is 20.0. The summed E-state index contributed by atoms with van der Waals surface area (Å²) in [6.45, 7) is 11.7. The van der Waals surface area contributed by atoms with Crippen molar-refractivity contribution in [1.82, 2.24) is 15.5 Å². The largest absolute Gasteiger partial charge is 0.382 e. The van der Waals surface area contributed by atoms with Crippen LogP contribution in [0.1, 0.15) is 45.1 Å². The van der Waals surface area contributed by atoms with Gasteiger partial charge in [0, 0.05) is 44.4 Å². The average molecular weight is 537 g/mol. The maximum atomic E-state index is 6.30. The van der Waals surface area contributed by atoms with Crippen molar-refractivity contribution in [3.63, 3.8) is 0 Å². The van der Waals surface area contributed by atoms with Gasteiger partial charge in [-0.2, -0.15) is 0 Å². The van der Waals surface area contributed by atoms with Crippen molar-refractivity contribution >= 4 is 41.5 Å². The van der Waals surface area contributed by atoms with Gasteiger partial charge in [-0.05, 0) is 70.2 Å². The molecule has 7 heteroatoms. The van der Waals surface area contributed by atoms with Crippen LogP contribution in [0.5, 0.6) is 0 Å². The van der Waals surface area contributed by atoms with E-state index in [1.165, 1.54) is 18.4 Å². The van der Waals surface area contributed by atoms with E-state index < -0.39 is 0 Å². The molecule has 0 unspecified atom stereocenters. The summed E-state index contributed by atoms with van der Waals surface area (Å²) in [5, 5.41) is 7.67. The molecular weight excluding hydrogens is 499 g/mol. The van der Waals surface area contributed by atoms with Crippen LogP contribution in [0.25, 0.3) is 0 Å². The number of benzene rings is 1. The molecule has 2 rings (SSSR count). The normalized spacial score (nSPS) is 15.8. The molecular formula is C22H38ClIN4O. The molecule has 1 aromatic carbocycles. The van der Waals surface area contributed by atoms with E-state index in [0.717, 1.165) is 76.3 Å². The number of rotatable bonds is 11. The molecule has 0 atom stereocenters. The number of nitrogens with one attached hydrogen (secondary N) is 2. The summed E-state index contributed by atoms with van der Waals surface area (Å²) >= 11 is 6.30. The minimum Gasteiger partial charge on any atom is -0.382 e. The Labute approximate surface area is 199 Å². The molecule has 1 aromatic rings. The monoisotopic (exact) mass is 536 g/mol. The van der Waals surface area contributed by atoms with Gasteiger partial charge in [-0.15, -0.1) is 24.0 Å². The van der Waals surface area contributed by atoms with Crippen LogP contribution in [-0.4, -0.2) is 56.8 Å². The first-order valence-electron chi connectivity index (χ1n) is 10.8. The summed E-state index contributed by atoms with van der Waals surface area (Å²) in [5.41, 5.74) is 1.23. The lowest BCUT2D eigenvalue weighted by atomic mass is 9.96. The van der Waals surface area contributed by atoms with Crippen LogP contribution in [0.4, 0.5) is 0 Å². The highest BCUT2D eigenvalue weighted by molar-refractivity contribution is 14.0. The third kappa shape index (κ3) is 10.9. The van der Waals surface area contributed by atoms with Crippen LogP contribution in [0.15, 0.2) is 29.3 Å². The second kappa shape index (κ2) is 16.2. The maximum absolute atomic E-state index is 6.30. The molecule has 1 aliphatic heterocycles. The molecule has 1 fully saturated rings. The highest BCUT2D eigenvalue weighted by Crippen LogP contribution is 2.22. The number of halogens is 2. The first-order chi connectivity index (χ1) is 13.7. The zero-order valence-corrected chi connectivity index (χ0v) is 21.0. The van der Waals surface area contributed by atoms with Gasteiger partial charge in [0.2, 0.25) is 0 Å². The number of ether oxygens (including phenoxy) is 1. The van der Waals surface area contributed by atoms with E-state index in [9.17, 15) is 0 Å². The van der Waals surface area contributed by atoms with E-state index in [2.05, 4.69) is 34.6 Å². The van der Waals surface area contributed by atoms with Gasteiger partial charge in [0.1, 0.15) is 0 Å². The van der Waals surface area contributed by atoms with Gasteiger partial charge in [-0.1, -0.05) is 29.8 Å². The van der Waals surface area contributed by atoms with E-state index in [1.807, 2.05) is 19.1 Å². The zero-order valence-electron chi connectivity index (χ0n) is 18.0. The first kappa shape index (κ1) is 26.5. The van der Waals surface area contributed by atoms with Crippen molar-refractivity contribution in [3.05, 3.63) is 34.9 Å². The number of unbranched alkanes of at least 4 members (excludes halogenated alkanes) is 1. The minimum atomic E-state index is 0. The molecule has 0 amide bonds. The molecule has 0 aliphatic carbocycles. The Hall–Kier alpha value is -0.570. The molecule has 29 heavy (non-hydrogen) atoms. The van der Waals surface area contributed by atoms with Crippen molar-refractivity contribution in [2.75, 3.05) is 45.9 Å². The SMILES string of the molecule is CCNC(=NCC1CCN(Cc2ccccc2Cl)CC1)NCCCCOCC.I. The smallest absolute Gasteiger partial charge is 0.191 e. The summed E-state index contributed by atoms with van der Waals surface area (Å²) in [6.07, 6.45) is 4.58. The molecule has 5 nitrogen and oxygen atoms in total. The average Bonchev–Trinajstić information content (AvgIpc) is 2.71. The molecule has 0 bridgehead atoms. The lowest BCUT2D eigenvalue weighted by molar-refractivity contribution is 0.143. The van der Waals surface area contributed by atoms with E-state index in [4.69, 9.17) is 21.3 Å². The van der Waals surface area contributed by atoms with E-state index in [0.29, 0.717) is 5.92 Å². The molecule has 2 N–H and O–H groups in total. The highest BCUT2D eigenvalue weighted by atomic mass is 127. The summed E-state index contributed by atoms with van der Waals surface area (Å²) in [7, 11) is 0. The predicted molar refractivity (Wildman–Crippen MR) is 135 cm³/mol. The molecule has 0 saturated carbocycles. The van der Waals surface area contributed by atoms with Gasteiger partial charge in [0.15, 0.2) is 5.96 Å². The highest BCUT2D eigenvalue weighted by Gasteiger charge is 2.19. The minimum absolute atomic E-state index is 0. The van der Waals surface area contributed by atoms with Gasteiger partial charge in [0.25, 0.3) is 0 Å². The predicted octanol–water partition coefficient (Wildman–Crippen LogP) is 4.54. The van der Waals surface area contributed by atoms with E-state index in [-0.39, 0.29) is 24.0 Å². The van der Waals surface area contributed by atoms with Crippen LogP contribution in [0.3, 0.4) is 0 Å². The number of aliphatic imine (C=N–C) groups is 1. The van der Waals surface area contributed by atoms with Crippen LogP contribution in [0.2, 0.25) is 5.02 Å². The summed E-state index contributed by atoms with van der Waals surface area (Å²) < 4.78 is 5.38. The second-order valence-corrected chi connectivity index (χ2v) is 7.77. The molecule has 166 valence electrons. The van der Waals surface area contributed by atoms with Crippen molar-refractivity contribution in [2.45, 2.75) is 46.1 Å². The number of nitrogens with zero attached hydrogens (tertiary/aromatic N) is 2. The van der Waals surface area contributed by atoms with Crippen LogP contribution in [-0.2, 0) is 11.3 Å². The van der Waals surface area contributed by atoms with Gasteiger partial charge in [-0.25, -0.2) is 0 Å². The summed E-state index contributed by atoms with van der Waals surface area (Å²) in [6, 6.07) is 8.16. The molecule has 1 heterocycles. The Morgan fingerprint density at radius 2 is 1.93 bits per heavy atom. The Bertz CT molecular complexity index is 580. The van der Waals surface area contributed by atoms with Crippen LogP contribution >= 0.6 is 35.6 Å². The summed E-state index contributed by atoms with van der Waals surface area (Å²) in [4.78, 5) is 7.32. The fourth-order valence-electron chi connectivity index (χ4n) is 3.44. The fraction of sp³-hybridized carbons (Fsp3) is 0.682. The van der Waals surface area contributed by atoms with E-state index in [1.54, 1.807) is 0 Å². The molecule has 1 saturated heterocycles. The van der Waals surface area contributed by atoms with Crippen molar-refractivity contribution in [3.8, 4) is 0 Å². The van der Waals surface area contributed by atoms with Crippen LogP contribution in [0, 0.1) is 5.92 Å². The number of hydrogen-bond acceptors (Lipinski definition) is 3. The lowest BCUT2D eigenvalue weighted by Gasteiger charge is -2.31.